The van der Waals surface area contributed by atoms with Crippen LogP contribution in [0.25, 0.3) is 0 Å². The van der Waals surface area contributed by atoms with E-state index in [0.717, 1.165) is 24.4 Å². The van der Waals surface area contributed by atoms with E-state index >= 15 is 0 Å². The number of pyridine rings is 1. The lowest BCUT2D eigenvalue weighted by Crippen LogP contribution is -2.48. The van der Waals surface area contributed by atoms with Crippen molar-refractivity contribution in [1.29, 1.82) is 0 Å². The average Bonchev–Trinajstić information content (AvgIpc) is 3.50. The first-order chi connectivity index (χ1) is 19.0. The van der Waals surface area contributed by atoms with Crippen molar-refractivity contribution in [2.45, 2.75) is 64.6 Å². The Kier molecular flexibility index (Phi) is 9.29. The second kappa shape index (κ2) is 12.7. The fourth-order valence-corrected chi connectivity index (χ4v) is 5.42. The number of rotatable bonds is 9. The molecule has 0 radical (unpaired) electrons. The van der Waals surface area contributed by atoms with Crippen LogP contribution in [-0.2, 0) is 11.3 Å². The zero-order valence-corrected chi connectivity index (χ0v) is 24.2. The Morgan fingerprint density at radius 2 is 1.70 bits per heavy atom. The highest BCUT2D eigenvalue weighted by atomic mass is 16.6. The monoisotopic (exact) mass is 550 g/mol. The van der Waals surface area contributed by atoms with Crippen LogP contribution in [-0.4, -0.2) is 71.6 Å². The summed E-state index contributed by atoms with van der Waals surface area (Å²) in [6, 6.07) is 10.6. The van der Waals surface area contributed by atoms with Gasteiger partial charge < -0.3 is 25.2 Å². The molecule has 0 spiro atoms. The van der Waals surface area contributed by atoms with Gasteiger partial charge in [0.1, 0.15) is 11.3 Å². The van der Waals surface area contributed by atoms with Gasteiger partial charge in [-0.2, -0.15) is 0 Å². The molecule has 3 N–H and O–H groups in total. The highest BCUT2D eigenvalue weighted by Crippen LogP contribution is 2.44. The van der Waals surface area contributed by atoms with E-state index in [2.05, 4.69) is 25.8 Å². The molecule has 2 bridgehead atoms. The van der Waals surface area contributed by atoms with Gasteiger partial charge in [-0.05, 0) is 89.7 Å². The SMILES string of the molecule is CN(C)CCN(Cc1ccc(C(=O)Nc2ccccc2NC(=O)OC(C)(C)C)nc1)C(=O)NC1CC2CCC1C2. The first-order valence-corrected chi connectivity index (χ1v) is 14.0. The number of anilines is 2. The zero-order chi connectivity index (χ0) is 28.9. The van der Waals surface area contributed by atoms with Crippen LogP contribution in [0.15, 0.2) is 42.6 Å². The van der Waals surface area contributed by atoms with Gasteiger partial charge in [0, 0.05) is 31.9 Å². The number of hydrogen-bond acceptors (Lipinski definition) is 6. The molecule has 10 nitrogen and oxygen atoms in total. The highest BCUT2D eigenvalue weighted by Gasteiger charge is 2.40. The van der Waals surface area contributed by atoms with E-state index in [4.69, 9.17) is 4.74 Å². The van der Waals surface area contributed by atoms with Crippen LogP contribution in [0, 0.1) is 11.8 Å². The lowest BCUT2D eigenvalue weighted by atomic mass is 9.95. The molecule has 2 aromatic rings. The van der Waals surface area contributed by atoms with Gasteiger partial charge in [0.2, 0.25) is 0 Å². The van der Waals surface area contributed by atoms with Gasteiger partial charge in [-0.1, -0.05) is 24.6 Å². The number of hydrogen-bond donors (Lipinski definition) is 3. The van der Waals surface area contributed by atoms with E-state index < -0.39 is 17.6 Å². The Morgan fingerprint density at radius 3 is 2.27 bits per heavy atom. The minimum absolute atomic E-state index is 0.0460. The van der Waals surface area contributed by atoms with Gasteiger partial charge in [0.15, 0.2) is 0 Å². The zero-order valence-electron chi connectivity index (χ0n) is 24.2. The Morgan fingerprint density at radius 1 is 0.975 bits per heavy atom. The molecule has 3 unspecified atom stereocenters. The summed E-state index contributed by atoms with van der Waals surface area (Å²) in [4.78, 5) is 46.7. The molecule has 40 heavy (non-hydrogen) atoms. The van der Waals surface area contributed by atoms with Crippen LogP contribution >= 0.6 is 0 Å². The summed E-state index contributed by atoms with van der Waals surface area (Å²) in [6.07, 6.45) is 5.84. The summed E-state index contributed by atoms with van der Waals surface area (Å²) in [5.74, 6) is 0.950. The van der Waals surface area contributed by atoms with Crippen LogP contribution in [0.2, 0.25) is 0 Å². The van der Waals surface area contributed by atoms with E-state index in [-0.39, 0.29) is 17.8 Å². The number of carbonyl (C=O) groups is 3. The largest absolute Gasteiger partial charge is 0.444 e. The number of ether oxygens (including phenoxy) is 1. The highest BCUT2D eigenvalue weighted by molar-refractivity contribution is 6.05. The Bertz CT molecular complexity index is 1190. The molecule has 4 amide bonds. The van der Waals surface area contributed by atoms with Crippen molar-refractivity contribution in [3.63, 3.8) is 0 Å². The van der Waals surface area contributed by atoms with Gasteiger partial charge in [-0.15, -0.1) is 0 Å². The van der Waals surface area contributed by atoms with E-state index in [0.29, 0.717) is 30.4 Å². The summed E-state index contributed by atoms with van der Waals surface area (Å²) in [7, 11) is 3.98. The average molecular weight is 551 g/mol. The number of carbonyl (C=O) groups excluding carboxylic acids is 3. The van der Waals surface area contributed by atoms with Crippen molar-refractivity contribution in [1.82, 2.24) is 20.1 Å². The van der Waals surface area contributed by atoms with E-state index in [1.807, 2.05) is 25.1 Å². The third-order valence-corrected chi connectivity index (χ3v) is 7.39. The number of likely N-dealkylation sites (N-methyl/N-ethyl adjacent to an activating group) is 1. The molecule has 10 heteroatoms. The number of fused-ring (bicyclic) bond motifs is 2. The van der Waals surface area contributed by atoms with Gasteiger partial charge in [0.25, 0.3) is 5.91 Å². The number of aromatic nitrogens is 1. The molecule has 3 atom stereocenters. The third-order valence-electron chi connectivity index (χ3n) is 7.39. The van der Waals surface area contributed by atoms with E-state index in [9.17, 15) is 14.4 Å². The number of benzene rings is 1. The maximum absolute atomic E-state index is 13.2. The second-order valence-corrected chi connectivity index (χ2v) is 12.1. The first kappa shape index (κ1) is 29.3. The quantitative estimate of drug-likeness (QED) is 0.407. The number of nitrogens with zero attached hydrogens (tertiary/aromatic N) is 3. The smallest absolute Gasteiger partial charge is 0.412 e. The van der Waals surface area contributed by atoms with Gasteiger partial charge >= 0.3 is 12.1 Å². The number of urea groups is 1. The Labute approximate surface area is 236 Å². The summed E-state index contributed by atoms with van der Waals surface area (Å²) >= 11 is 0. The van der Waals surface area contributed by atoms with Crippen molar-refractivity contribution in [3.05, 3.63) is 53.9 Å². The lowest BCUT2D eigenvalue weighted by Gasteiger charge is -2.29. The van der Waals surface area contributed by atoms with Crippen LogP contribution in [0.5, 0.6) is 0 Å². The predicted molar refractivity (Wildman–Crippen MR) is 155 cm³/mol. The van der Waals surface area contributed by atoms with Crippen molar-refractivity contribution < 1.29 is 19.1 Å². The van der Waals surface area contributed by atoms with Crippen LogP contribution in [0.1, 0.15) is 62.5 Å². The number of amides is 4. The minimum atomic E-state index is -0.646. The van der Waals surface area contributed by atoms with Crippen molar-refractivity contribution in [3.8, 4) is 0 Å². The molecule has 4 rings (SSSR count). The Balaban J connectivity index is 1.37. The summed E-state index contributed by atoms with van der Waals surface area (Å²) < 4.78 is 5.32. The van der Waals surface area contributed by atoms with Crippen LogP contribution < -0.4 is 16.0 Å². The number of nitrogens with one attached hydrogen (secondary N) is 3. The molecule has 2 fully saturated rings. The Hall–Kier alpha value is -3.66. The van der Waals surface area contributed by atoms with E-state index in [1.165, 1.54) is 19.3 Å². The fourth-order valence-electron chi connectivity index (χ4n) is 5.42. The second-order valence-electron chi connectivity index (χ2n) is 12.1. The summed E-state index contributed by atoms with van der Waals surface area (Å²) in [5, 5.41) is 8.77. The summed E-state index contributed by atoms with van der Waals surface area (Å²) in [5.41, 5.74) is 1.26. The molecular weight excluding hydrogens is 508 g/mol. The van der Waals surface area contributed by atoms with Gasteiger partial charge in [-0.3, -0.25) is 15.1 Å². The van der Waals surface area contributed by atoms with Crippen molar-refractivity contribution in [2.75, 3.05) is 37.8 Å². The third kappa shape index (κ3) is 8.17. The topological polar surface area (TPSA) is 116 Å². The molecule has 0 saturated heterocycles. The molecule has 2 aliphatic rings. The molecule has 1 aromatic heterocycles. The standard InChI is InChI=1S/C30H42N6O4/c1-30(2,3)40-29(39)34-24-9-7-6-8-23(24)32-27(37)25-13-11-21(18-31-25)19-36(15-14-35(4)5)28(38)33-26-17-20-10-12-22(26)16-20/h6-9,11,13,18,20,22,26H,10,12,14-17,19H2,1-5H3,(H,32,37)(H,33,38)(H,34,39). The summed E-state index contributed by atoms with van der Waals surface area (Å²) in [6.45, 7) is 7.07. The maximum atomic E-state index is 13.2. The first-order valence-electron chi connectivity index (χ1n) is 14.0. The molecular formula is C30H42N6O4. The molecule has 0 aliphatic heterocycles. The minimum Gasteiger partial charge on any atom is -0.444 e. The van der Waals surface area contributed by atoms with Gasteiger partial charge in [-0.25, -0.2) is 9.59 Å². The molecule has 2 aliphatic carbocycles. The predicted octanol–water partition coefficient (Wildman–Crippen LogP) is 4.94. The van der Waals surface area contributed by atoms with Gasteiger partial charge in [0.05, 0.1) is 11.4 Å². The molecule has 216 valence electrons. The molecule has 2 saturated carbocycles. The lowest BCUT2D eigenvalue weighted by molar-refractivity contribution is 0.0635. The maximum Gasteiger partial charge on any atom is 0.412 e. The van der Waals surface area contributed by atoms with E-state index in [1.54, 1.807) is 57.3 Å². The van der Waals surface area contributed by atoms with Crippen LogP contribution in [0.3, 0.4) is 0 Å². The van der Waals surface area contributed by atoms with Crippen LogP contribution in [0.4, 0.5) is 21.0 Å². The van der Waals surface area contributed by atoms with Crippen molar-refractivity contribution in [2.24, 2.45) is 11.8 Å². The normalized spacial score (nSPS) is 19.8. The molecule has 1 heterocycles. The van der Waals surface area contributed by atoms with Crippen molar-refractivity contribution >= 4 is 29.4 Å². The molecule has 1 aromatic carbocycles. The fraction of sp³-hybridized carbons (Fsp3) is 0.533. The number of para-hydroxylation sites is 2.